The summed E-state index contributed by atoms with van der Waals surface area (Å²) in [5.74, 6) is 2.04. The van der Waals surface area contributed by atoms with Gasteiger partial charge in [0.25, 0.3) is 0 Å². The van der Waals surface area contributed by atoms with Crippen molar-refractivity contribution in [1.29, 1.82) is 0 Å². The smallest absolute Gasteiger partial charge is 0.233 e. The summed E-state index contributed by atoms with van der Waals surface area (Å²) in [7, 11) is 1.67. The van der Waals surface area contributed by atoms with Gasteiger partial charge in [-0.3, -0.25) is 9.59 Å². The molecule has 0 saturated carbocycles. The molecule has 200 valence electrons. The predicted octanol–water partition coefficient (Wildman–Crippen LogP) is 3.27. The minimum absolute atomic E-state index is 0.0594. The van der Waals surface area contributed by atoms with E-state index in [2.05, 4.69) is 19.8 Å². The molecule has 37 heavy (non-hydrogen) atoms. The number of carbonyl (C=O) groups excluding carboxylic acids is 2. The zero-order chi connectivity index (χ0) is 26.6. The Kier molecular flexibility index (Phi) is 8.69. The van der Waals surface area contributed by atoms with Crippen LogP contribution in [0.3, 0.4) is 0 Å². The van der Waals surface area contributed by atoms with Gasteiger partial charge in [0, 0.05) is 63.8 Å². The average molecular weight is 547 g/mol. The molecule has 2 amide bonds. The molecule has 11 heteroatoms. The molecule has 0 radical (unpaired) electrons. The summed E-state index contributed by atoms with van der Waals surface area (Å²) in [5, 5.41) is 0.829. The van der Waals surface area contributed by atoms with E-state index in [0.29, 0.717) is 49.6 Å². The van der Waals surface area contributed by atoms with Gasteiger partial charge in [0.1, 0.15) is 16.7 Å². The van der Waals surface area contributed by atoms with Crippen LogP contribution < -0.4 is 14.5 Å². The Bertz CT molecular complexity index is 1110. The van der Waals surface area contributed by atoms with Gasteiger partial charge < -0.3 is 24.3 Å². The van der Waals surface area contributed by atoms with Gasteiger partial charge in [-0.05, 0) is 12.1 Å². The van der Waals surface area contributed by atoms with Crippen LogP contribution in [-0.4, -0.2) is 96.8 Å². The fraction of sp³-hybridized carbons (Fsp3) is 0.538. The normalized spacial score (nSPS) is 16.7. The van der Waals surface area contributed by atoms with Crippen molar-refractivity contribution in [3.63, 3.8) is 0 Å². The number of piperazine rings is 2. The Balaban J connectivity index is 1.29. The Morgan fingerprint density at radius 3 is 2.22 bits per heavy atom. The van der Waals surface area contributed by atoms with Gasteiger partial charge in [0.15, 0.2) is 5.16 Å². The summed E-state index contributed by atoms with van der Waals surface area (Å²) in [6.07, 6.45) is 0. The van der Waals surface area contributed by atoms with Gasteiger partial charge >= 0.3 is 0 Å². The lowest BCUT2D eigenvalue weighted by molar-refractivity contribution is -0.139. The second kappa shape index (κ2) is 11.8. The number of rotatable bonds is 6. The minimum Gasteiger partial charge on any atom is -0.495 e. The Labute approximate surface area is 228 Å². The lowest BCUT2D eigenvalue weighted by atomic mass is 9.94. The maximum absolute atomic E-state index is 12.9. The molecular weight excluding hydrogens is 512 g/mol. The van der Waals surface area contributed by atoms with Crippen LogP contribution in [0.4, 0.5) is 11.5 Å². The van der Waals surface area contributed by atoms with Crippen molar-refractivity contribution in [2.45, 2.75) is 25.9 Å². The second-order valence-electron chi connectivity index (χ2n) is 10.2. The van der Waals surface area contributed by atoms with Crippen molar-refractivity contribution in [2.24, 2.45) is 5.41 Å². The molecule has 2 aliphatic heterocycles. The number of hydrogen-bond donors (Lipinski definition) is 0. The van der Waals surface area contributed by atoms with Crippen LogP contribution in [0.25, 0.3) is 0 Å². The van der Waals surface area contributed by atoms with E-state index in [-0.39, 0.29) is 17.6 Å². The highest BCUT2D eigenvalue weighted by atomic mass is 35.5. The van der Waals surface area contributed by atoms with Crippen LogP contribution in [0.2, 0.25) is 5.15 Å². The highest BCUT2D eigenvalue weighted by Gasteiger charge is 2.30. The van der Waals surface area contributed by atoms with E-state index in [4.69, 9.17) is 16.3 Å². The number of thioether (sulfide) groups is 1. The summed E-state index contributed by atoms with van der Waals surface area (Å²) >= 11 is 7.61. The number of methoxy groups -OCH3 is 1. The monoisotopic (exact) mass is 546 g/mol. The maximum atomic E-state index is 12.9. The molecule has 0 spiro atoms. The molecule has 0 bridgehead atoms. The SMILES string of the molecule is COc1ccccc1N1CCN(C(=O)CSc2nc(Cl)cc(N3CCN(C(=O)C(C)(C)C)CC3)n2)CC1. The first-order valence-electron chi connectivity index (χ1n) is 12.5. The van der Waals surface area contributed by atoms with Crippen molar-refractivity contribution >= 4 is 46.7 Å². The van der Waals surface area contributed by atoms with Gasteiger partial charge in [-0.1, -0.05) is 56.3 Å². The summed E-state index contributed by atoms with van der Waals surface area (Å²) in [6.45, 7) is 11.2. The van der Waals surface area contributed by atoms with E-state index >= 15 is 0 Å². The molecule has 1 aromatic carbocycles. The molecule has 0 N–H and O–H groups in total. The quantitative estimate of drug-likeness (QED) is 0.310. The third kappa shape index (κ3) is 6.78. The Hall–Kier alpha value is -2.72. The number of halogens is 1. The fourth-order valence-electron chi connectivity index (χ4n) is 4.53. The molecule has 0 unspecified atom stereocenters. The highest BCUT2D eigenvalue weighted by molar-refractivity contribution is 7.99. The summed E-state index contributed by atoms with van der Waals surface area (Å²) in [6, 6.07) is 9.69. The molecule has 2 aliphatic rings. The van der Waals surface area contributed by atoms with Gasteiger partial charge in [0.2, 0.25) is 11.8 Å². The lowest BCUT2D eigenvalue weighted by Crippen LogP contribution is -2.51. The number of carbonyl (C=O) groups is 2. The topological polar surface area (TPSA) is 82.1 Å². The number of aromatic nitrogens is 2. The summed E-state index contributed by atoms with van der Waals surface area (Å²) in [5.41, 5.74) is 0.660. The van der Waals surface area contributed by atoms with Crippen molar-refractivity contribution in [3.05, 3.63) is 35.5 Å². The third-order valence-electron chi connectivity index (χ3n) is 6.58. The van der Waals surface area contributed by atoms with E-state index in [1.807, 2.05) is 54.8 Å². The van der Waals surface area contributed by atoms with Gasteiger partial charge in [0.05, 0.1) is 18.6 Å². The molecule has 0 aliphatic carbocycles. The molecule has 2 saturated heterocycles. The maximum Gasteiger partial charge on any atom is 0.233 e. The van der Waals surface area contributed by atoms with E-state index in [9.17, 15) is 9.59 Å². The van der Waals surface area contributed by atoms with Crippen molar-refractivity contribution in [3.8, 4) is 5.75 Å². The van der Waals surface area contributed by atoms with Gasteiger partial charge in [-0.2, -0.15) is 0 Å². The Morgan fingerprint density at radius 2 is 1.57 bits per heavy atom. The zero-order valence-corrected chi connectivity index (χ0v) is 23.5. The number of hydrogen-bond acceptors (Lipinski definition) is 8. The minimum atomic E-state index is -0.391. The van der Waals surface area contributed by atoms with Crippen LogP contribution in [0.5, 0.6) is 5.75 Å². The van der Waals surface area contributed by atoms with E-state index in [1.54, 1.807) is 13.2 Å². The molecule has 2 aromatic rings. The molecule has 1 aromatic heterocycles. The molecule has 3 heterocycles. The molecule has 0 atom stereocenters. The molecule has 4 rings (SSSR count). The number of anilines is 2. The molecular formula is C26H35ClN6O3S. The zero-order valence-electron chi connectivity index (χ0n) is 21.9. The first-order chi connectivity index (χ1) is 17.7. The first kappa shape index (κ1) is 27.3. The van der Waals surface area contributed by atoms with Crippen molar-refractivity contribution in [2.75, 3.05) is 75.0 Å². The largest absolute Gasteiger partial charge is 0.495 e. The van der Waals surface area contributed by atoms with E-state index in [0.717, 1.165) is 30.3 Å². The molecule has 2 fully saturated rings. The van der Waals surface area contributed by atoms with Crippen LogP contribution in [0.1, 0.15) is 20.8 Å². The van der Waals surface area contributed by atoms with Gasteiger partial charge in [-0.15, -0.1) is 0 Å². The van der Waals surface area contributed by atoms with Crippen molar-refractivity contribution < 1.29 is 14.3 Å². The lowest BCUT2D eigenvalue weighted by Gasteiger charge is -2.38. The van der Waals surface area contributed by atoms with Crippen LogP contribution in [-0.2, 0) is 9.59 Å². The van der Waals surface area contributed by atoms with Crippen LogP contribution in [0, 0.1) is 5.41 Å². The highest BCUT2D eigenvalue weighted by Crippen LogP contribution is 2.29. The summed E-state index contributed by atoms with van der Waals surface area (Å²) in [4.78, 5) is 42.6. The van der Waals surface area contributed by atoms with Crippen LogP contribution in [0.15, 0.2) is 35.5 Å². The standard InChI is InChI=1S/C26H35ClN6O3S/c1-26(2,3)24(35)33-15-11-31(12-16-33)22-17-21(27)28-25(29-22)37-18-23(34)32-13-9-30(10-14-32)19-7-5-6-8-20(19)36-4/h5-8,17H,9-16,18H2,1-4H3. The molecule has 9 nitrogen and oxygen atoms in total. The number of para-hydroxylation sites is 2. The van der Waals surface area contributed by atoms with Crippen molar-refractivity contribution in [1.82, 2.24) is 19.8 Å². The first-order valence-corrected chi connectivity index (χ1v) is 13.9. The predicted molar refractivity (Wildman–Crippen MR) is 148 cm³/mol. The fourth-order valence-corrected chi connectivity index (χ4v) is 5.51. The number of benzene rings is 1. The third-order valence-corrected chi connectivity index (χ3v) is 7.60. The number of ether oxygens (including phenoxy) is 1. The van der Waals surface area contributed by atoms with Gasteiger partial charge in [-0.25, -0.2) is 9.97 Å². The van der Waals surface area contributed by atoms with Crippen LogP contribution >= 0.6 is 23.4 Å². The second-order valence-corrected chi connectivity index (χ2v) is 11.5. The summed E-state index contributed by atoms with van der Waals surface area (Å²) < 4.78 is 5.48. The number of amides is 2. The Morgan fingerprint density at radius 1 is 0.946 bits per heavy atom. The van der Waals surface area contributed by atoms with E-state index < -0.39 is 5.41 Å². The van der Waals surface area contributed by atoms with E-state index in [1.165, 1.54) is 11.8 Å². The average Bonchev–Trinajstić information content (AvgIpc) is 2.90. The number of nitrogens with zero attached hydrogens (tertiary/aromatic N) is 6.